The first-order valence-electron chi connectivity index (χ1n) is 6.83. The molecule has 0 aromatic carbocycles. The Hall–Kier alpha value is -1.75. The Labute approximate surface area is 126 Å². The monoisotopic (exact) mass is 319 g/mol. The number of carbonyl (C=O) groups is 3. The van der Waals surface area contributed by atoms with E-state index in [4.69, 9.17) is 21.1 Å². The Morgan fingerprint density at radius 2 is 1.86 bits per heavy atom. The van der Waals surface area contributed by atoms with Crippen LogP contribution in [0, 0.1) is 0 Å². The van der Waals surface area contributed by atoms with Gasteiger partial charge in [0.15, 0.2) is 0 Å². The van der Waals surface area contributed by atoms with Gasteiger partial charge in [-0.3, -0.25) is 19.3 Å². The summed E-state index contributed by atoms with van der Waals surface area (Å²) in [7, 11) is 0. The highest BCUT2D eigenvalue weighted by Crippen LogP contribution is 2.17. The molecule has 0 radical (unpaired) electrons. The van der Waals surface area contributed by atoms with Gasteiger partial charge in [0.25, 0.3) is 0 Å². The third-order valence-electron chi connectivity index (χ3n) is 3.69. The number of rotatable bonds is 10. The second-order valence-corrected chi connectivity index (χ2v) is 5.20. The fourth-order valence-corrected chi connectivity index (χ4v) is 2.15. The van der Waals surface area contributed by atoms with E-state index in [2.05, 4.69) is 5.32 Å². The van der Waals surface area contributed by atoms with Gasteiger partial charge in [-0.2, -0.15) is 0 Å². The SMILES string of the molecule is N[C@H](C(=O)O)[C@H](O)CN[C@@H](CCN1CC[C@H]1C(=O)O)C(=O)O. The molecule has 0 aromatic heterocycles. The molecule has 1 aliphatic heterocycles. The van der Waals surface area contributed by atoms with Crippen molar-refractivity contribution in [3.63, 3.8) is 0 Å². The molecule has 1 fully saturated rings. The summed E-state index contributed by atoms with van der Waals surface area (Å²) < 4.78 is 0. The lowest BCUT2D eigenvalue weighted by atomic mass is 10.0. The zero-order valence-electron chi connectivity index (χ0n) is 11.9. The van der Waals surface area contributed by atoms with Gasteiger partial charge in [0.05, 0.1) is 6.10 Å². The minimum atomic E-state index is -1.51. The Morgan fingerprint density at radius 1 is 1.23 bits per heavy atom. The third kappa shape index (κ3) is 4.91. The van der Waals surface area contributed by atoms with Crippen LogP contribution in [-0.2, 0) is 14.4 Å². The molecular formula is C12H21N3O7. The van der Waals surface area contributed by atoms with Gasteiger partial charge < -0.3 is 31.5 Å². The van der Waals surface area contributed by atoms with Gasteiger partial charge in [0.2, 0.25) is 0 Å². The van der Waals surface area contributed by atoms with Crippen molar-refractivity contribution in [2.75, 3.05) is 19.6 Å². The Bertz CT molecular complexity index is 409. The number of nitrogens with zero attached hydrogens (tertiary/aromatic N) is 1. The van der Waals surface area contributed by atoms with Gasteiger partial charge in [-0.25, -0.2) is 0 Å². The highest BCUT2D eigenvalue weighted by molar-refractivity contribution is 5.75. The summed E-state index contributed by atoms with van der Waals surface area (Å²) in [5.41, 5.74) is 5.22. The van der Waals surface area contributed by atoms with Crippen LogP contribution in [0.3, 0.4) is 0 Å². The maximum absolute atomic E-state index is 11.1. The van der Waals surface area contributed by atoms with Crippen LogP contribution in [0.2, 0.25) is 0 Å². The molecule has 1 aliphatic rings. The molecule has 0 spiro atoms. The van der Waals surface area contributed by atoms with Gasteiger partial charge in [-0.1, -0.05) is 0 Å². The maximum atomic E-state index is 11.1. The van der Waals surface area contributed by atoms with Gasteiger partial charge in [-0.05, 0) is 12.8 Å². The van der Waals surface area contributed by atoms with E-state index in [1.165, 1.54) is 0 Å². The number of aliphatic carboxylic acids is 3. The number of nitrogens with one attached hydrogen (secondary N) is 1. The van der Waals surface area contributed by atoms with Crippen molar-refractivity contribution in [3.8, 4) is 0 Å². The van der Waals surface area contributed by atoms with Crippen molar-refractivity contribution in [2.45, 2.75) is 37.1 Å². The molecule has 22 heavy (non-hydrogen) atoms. The van der Waals surface area contributed by atoms with E-state index in [0.717, 1.165) is 0 Å². The van der Waals surface area contributed by atoms with Crippen LogP contribution in [0.4, 0.5) is 0 Å². The van der Waals surface area contributed by atoms with Crippen molar-refractivity contribution in [1.82, 2.24) is 10.2 Å². The molecule has 126 valence electrons. The molecule has 7 N–H and O–H groups in total. The molecule has 4 atom stereocenters. The molecule has 0 unspecified atom stereocenters. The van der Waals surface area contributed by atoms with Gasteiger partial charge in [0, 0.05) is 19.6 Å². The van der Waals surface area contributed by atoms with E-state index in [1.54, 1.807) is 4.90 Å². The minimum Gasteiger partial charge on any atom is -0.480 e. The molecule has 1 saturated heterocycles. The molecule has 0 amide bonds. The van der Waals surface area contributed by atoms with Crippen molar-refractivity contribution in [2.24, 2.45) is 5.73 Å². The number of likely N-dealkylation sites (tertiary alicyclic amines) is 1. The summed E-state index contributed by atoms with van der Waals surface area (Å²) in [5.74, 6) is -3.48. The summed E-state index contributed by atoms with van der Waals surface area (Å²) in [6.45, 7) is 0.588. The predicted octanol–water partition coefficient (Wildman–Crippen LogP) is -2.65. The topological polar surface area (TPSA) is 173 Å². The Balaban J connectivity index is 2.41. The van der Waals surface area contributed by atoms with Gasteiger partial charge in [-0.15, -0.1) is 0 Å². The quantitative estimate of drug-likeness (QED) is 0.249. The molecule has 10 nitrogen and oxygen atoms in total. The lowest BCUT2D eigenvalue weighted by molar-refractivity contribution is -0.148. The molecular weight excluding hydrogens is 298 g/mol. The van der Waals surface area contributed by atoms with E-state index in [1.807, 2.05) is 0 Å². The first-order chi connectivity index (χ1) is 10.2. The number of carboxylic acid groups (broad SMARTS) is 3. The maximum Gasteiger partial charge on any atom is 0.323 e. The summed E-state index contributed by atoms with van der Waals surface area (Å²) in [6.07, 6.45) is -0.754. The number of aliphatic hydroxyl groups is 1. The van der Waals surface area contributed by atoms with Crippen LogP contribution in [0.15, 0.2) is 0 Å². The first kappa shape index (κ1) is 18.3. The lowest BCUT2D eigenvalue weighted by Gasteiger charge is -2.38. The van der Waals surface area contributed by atoms with E-state index in [9.17, 15) is 19.5 Å². The molecule has 0 aliphatic carbocycles. The normalized spacial score (nSPS) is 22.4. The highest BCUT2D eigenvalue weighted by atomic mass is 16.4. The second kappa shape index (κ2) is 8.03. The molecule has 10 heteroatoms. The molecule has 1 rings (SSSR count). The number of hydrogen-bond donors (Lipinski definition) is 6. The zero-order chi connectivity index (χ0) is 16.9. The first-order valence-corrected chi connectivity index (χ1v) is 6.83. The van der Waals surface area contributed by atoms with Crippen molar-refractivity contribution in [3.05, 3.63) is 0 Å². The van der Waals surface area contributed by atoms with Crippen molar-refractivity contribution < 1.29 is 34.8 Å². The Morgan fingerprint density at radius 3 is 2.27 bits per heavy atom. The third-order valence-corrected chi connectivity index (χ3v) is 3.69. The minimum absolute atomic E-state index is 0.133. The molecule has 1 heterocycles. The summed E-state index contributed by atoms with van der Waals surface area (Å²) in [6, 6.07) is -3.11. The van der Waals surface area contributed by atoms with Crippen LogP contribution >= 0.6 is 0 Å². The van der Waals surface area contributed by atoms with Crippen molar-refractivity contribution in [1.29, 1.82) is 0 Å². The fraction of sp³-hybridized carbons (Fsp3) is 0.750. The predicted molar refractivity (Wildman–Crippen MR) is 73.3 cm³/mol. The summed E-state index contributed by atoms with van der Waals surface area (Å²) >= 11 is 0. The van der Waals surface area contributed by atoms with Crippen molar-refractivity contribution >= 4 is 17.9 Å². The van der Waals surface area contributed by atoms with Crippen LogP contribution < -0.4 is 11.1 Å². The molecule has 0 bridgehead atoms. The average Bonchev–Trinajstić information content (AvgIpc) is 2.38. The standard InChI is InChI=1S/C12H21N3O7/c13-9(12(21)22)8(16)5-14-6(10(17)18)1-3-15-4-2-7(15)11(19)20/h6-9,14,16H,1-5,13H2,(H,17,18)(H,19,20)(H,21,22)/t6-,7-,8+,9-/m0/s1. The van der Waals surface area contributed by atoms with Gasteiger partial charge in [0.1, 0.15) is 18.1 Å². The van der Waals surface area contributed by atoms with Crippen LogP contribution in [0.25, 0.3) is 0 Å². The lowest BCUT2D eigenvalue weighted by Crippen LogP contribution is -2.54. The van der Waals surface area contributed by atoms with E-state index in [-0.39, 0.29) is 19.5 Å². The van der Waals surface area contributed by atoms with Crippen LogP contribution in [0.5, 0.6) is 0 Å². The Kier molecular flexibility index (Phi) is 6.68. The van der Waals surface area contributed by atoms with Gasteiger partial charge >= 0.3 is 17.9 Å². The summed E-state index contributed by atoms with van der Waals surface area (Å²) in [4.78, 5) is 34.2. The number of carboxylic acids is 3. The second-order valence-electron chi connectivity index (χ2n) is 5.20. The van der Waals surface area contributed by atoms with E-state index in [0.29, 0.717) is 13.0 Å². The largest absolute Gasteiger partial charge is 0.480 e. The number of nitrogens with two attached hydrogens (primary N) is 1. The highest BCUT2D eigenvalue weighted by Gasteiger charge is 2.34. The van der Waals surface area contributed by atoms with Crippen LogP contribution in [0.1, 0.15) is 12.8 Å². The smallest absolute Gasteiger partial charge is 0.323 e. The van der Waals surface area contributed by atoms with E-state index >= 15 is 0 Å². The number of hydrogen-bond acceptors (Lipinski definition) is 7. The molecule has 0 aromatic rings. The fourth-order valence-electron chi connectivity index (χ4n) is 2.15. The van der Waals surface area contributed by atoms with Crippen LogP contribution in [-0.4, -0.2) is 87.1 Å². The average molecular weight is 319 g/mol. The van der Waals surface area contributed by atoms with E-state index < -0.39 is 42.1 Å². The molecule has 0 saturated carbocycles. The summed E-state index contributed by atoms with van der Waals surface area (Å²) in [5, 5.41) is 38.7. The number of aliphatic hydroxyl groups excluding tert-OH is 1. The zero-order valence-corrected chi connectivity index (χ0v) is 11.9.